The molecule has 0 aliphatic carbocycles. The Morgan fingerprint density at radius 2 is 1.65 bits per heavy atom. The van der Waals surface area contributed by atoms with E-state index in [0.29, 0.717) is 12.1 Å². The molecule has 0 spiro atoms. The van der Waals surface area contributed by atoms with Gasteiger partial charge in [-0.05, 0) is 41.3 Å². The lowest BCUT2D eigenvalue weighted by Gasteiger charge is -2.21. The van der Waals surface area contributed by atoms with E-state index < -0.39 is 11.7 Å². The van der Waals surface area contributed by atoms with Crippen LogP contribution in [0.1, 0.15) is 47.9 Å². The summed E-state index contributed by atoms with van der Waals surface area (Å²) in [7, 11) is 0. The molecule has 2 aromatic carbocycles. The molecule has 0 aliphatic rings. The van der Waals surface area contributed by atoms with Crippen LogP contribution in [0, 0.1) is 0 Å². The highest BCUT2D eigenvalue weighted by Crippen LogP contribution is 2.38. The van der Waals surface area contributed by atoms with Gasteiger partial charge in [-0.25, -0.2) is 0 Å². The second kappa shape index (κ2) is 7.05. The summed E-state index contributed by atoms with van der Waals surface area (Å²) in [5, 5.41) is 0. The van der Waals surface area contributed by atoms with Crippen LogP contribution in [-0.4, -0.2) is 6.54 Å². The van der Waals surface area contributed by atoms with E-state index >= 15 is 0 Å². The van der Waals surface area contributed by atoms with E-state index in [4.69, 9.17) is 5.73 Å². The van der Waals surface area contributed by atoms with Crippen molar-refractivity contribution in [3.05, 3.63) is 69.2 Å². The first-order valence-electron chi connectivity index (χ1n) is 7.41. The lowest BCUT2D eigenvalue weighted by Crippen LogP contribution is -2.13. The van der Waals surface area contributed by atoms with Crippen molar-refractivity contribution in [3.8, 4) is 0 Å². The smallest absolute Gasteiger partial charge is 0.330 e. The van der Waals surface area contributed by atoms with Crippen molar-refractivity contribution < 1.29 is 13.2 Å². The normalized spacial score (nSPS) is 14.6. The highest BCUT2D eigenvalue weighted by atomic mass is 79.9. The standard InChI is InChI=1S/C18H19BrF3N/c1-11(10-23)14-5-3-4-6-15(14)12(2)13-7-8-17(19)16(9-13)18(20,21)22/h3-9,11-12H,10,23H2,1-2H3. The quantitative estimate of drug-likeness (QED) is 0.719. The molecule has 2 unspecified atom stereocenters. The number of alkyl halides is 3. The van der Waals surface area contributed by atoms with E-state index in [9.17, 15) is 13.2 Å². The summed E-state index contributed by atoms with van der Waals surface area (Å²) < 4.78 is 39.4. The van der Waals surface area contributed by atoms with Crippen molar-refractivity contribution in [1.82, 2.24) is 0 Å². The van der Waals surface area contributed by atoms with Crippen molar-refractivity contribution in [2.45, 2.75) is 31.9 Å². The molecule has 0 aliphatic heterocycles. The maximum Gasteiger partial charge on any atom is 0.417 e. The average molecular weight is 386 g/mol. The third-order valence-corrected chi connectivity index (χ3v) is 4.83. The van der Waals surface area contributed by atoms with Crippen LogP contribution < -0.4 is 5.73 Å². The van der Waals surface area contributed by atoms with E-state index in [2.05, 4.69) is 15.9 Å². The Kier molecular flexibility index (Phi) is 5.53. The molecule has 2 N–H and O–H groups in total. The molecule has 0 heterocycles. The first-order valence-corrected chi connectivity index (χ1v) is 8.20. The zero-order chi connectivity index (χ0) is 17.2. The molecule has 0 saturated heterocycles. The summed E-state index contributed by atoms with van der Waals surface area (Å²) in [5.41, 5.74) is 7.84. The van der Waals surface area contributed by atoms with Gasteiger partial charge in [0.25, 0.3) is 0 Å². The maximum atomic E-state index is 13.1. The summed E-state index contributed by atoms with van der Waals surface area (Å²) in [4.78, 5) is 0. The molecule has 0 amide bonds. The molecule has 2 atom stereocenters. The zero-order valence-corrected chi connectivity index (χ0v) is 14.6. The fraction of sp³-hybridized carbons (Fsp3) is 0.333. The second-order valence-corrected chi connectivity index (χ2v) is 6.58. The van der Waals surface area contributed by atoms with Crippen molar-refractivity contribution in [3.63, 3.8) is 0 Å². The second-order valence-electron chi connectivity index (χ2n) is 5.72. The van der Waals surface area contributed by atoms with Crippen molar-refractivity contribution >= 4 is 15.9 Å². The topological polar surface area (TPSA) is 26.0 Å². The largest absolute Gasteiger partial charge is 0.417 e. The van der Waals surface area contributed by atoms with Crippen molar-refractivity contribution in [1.29, 1.82) is 0 Å². The molecule has 2 rings (SSSR count). The number of hydrogen-bond donors (Lipinski definition) is 1. The minimum Gasteiger partial charge on any atom is -0.330 e. The third kappa shape index (κ3) is 3.96. The van der Waals surface area contributed by atoms with Crippen molar-refractivity contribution in [2.24, 2.45) is 5.73 Å². The molecule has 5 heteroatoms. The Balaban J connectivity index is 2.48. The summed E-state index contributed by atoms with van der Waals surface area (Å²) in [6.07, 6.45) is -4.38. The van der Waals surface area contributed by atoms with Crippen LogP contribution in [-0.2, 0) is 6.18 Å². The summed E-state index contributed by atoms with van der Waals surface area (Å²) in [6.45, 7) is 4.44. The number of nitrogens with two attached hydrogens (primary N) is 1. The van der Waals surface area contributed by atoms with Crippen LogP contribution in [0.5, 0.6) is 0 Å². The number of halogens is 4. The fourth-order valence-electron chi connectivity index (χ4n) is 2.69. The summed E-state index contributed by atoms with van der Waals surface area (Å²) in [5.74, 6) is 0.0144. The predicted molar refractivity (Wildman–Crippen MR) is 90.6 cm³/mol. The van der Waals surface area contributed by atoms with Crippen LogP contribution in [0.25, 0.3) is 0 Å². The molecule has 124 valence electrons. The molecular weight excluding hydrogens is 367 g/mol. The van der Waals surface area contributed by atoms with Crippen LogP contribution in [0.4, 0.5) is 13.2 Å². The molecule has 0 radical (unpaired) electrons. The van der Waals surface area contributed by atoms with Gasteiger partial charge >= 0.3 is 6.18 Å². The van der Waals surface area contributed by atoms with Gasteiger partial charge in [-0.3, -0.25) is 0 Å². The van der Waals surface area contributed by atoms with Gasteiger partial charge in [0.1, 0.15) is 0 Å². The van der Waals surface area contributed by atoms with Gasteiger partial charge in [0.15, 0.2) is 0 Å². The Labute approximate surface area is 142 Å². The Morgan fingerprint density at radius 3 is 2.22 bits per heavy atom. The summed E-state index contributed by atoms with van der Waals surface area (Å²) in [6, 6.07) is 12.2. The lowest BCUT2D eigenvalue weighted by molar-refractivity contribution is -0.138. The van der Waals surface area contributed by atoms with Gasteiger partial charge in [-0.2, -0.15) is 13.2 Å². The molecule has 1 nitrogen and oxygen atoms in total. The molecule has 23 heavy (non-hydrogen) atoms. The highest BCUT2D eigenvalue weighted by molar-refractivity contribution is 9.10. The monoisotopic (exact) mass is 385 g/mol. The first-order chi connectivity index (χ1) is 10.8. The van der Waals surface area contributed by atoms with Gasteiger partial charge in [-0.15, -0.1) is 0 Å². The number of benzene rings is 2. The minimum absolute atomic E-state index is 0.0598. The van der Waals surface area contributed by atoms with Crippen molar-refractivity contribution in [2.75, 3.05) is 6.54 Å². The maximum absolute atomic E-state index is 13.1. The van der Waals surface area contributed by atoms with E-state index in [1.54, 1.807) is 6.07 Å². The van der Waals surface area contributed by atoms with Crippen LogP contribution in [0.2, 0.25) is 0 Å². The van der Waals surface area contributed by atoms with Gasteiger partial charge in [0.2, 0.25) is 0 Å². The Bertz CT molecular complexity index is 682. The van der Waals surface area contributed by atoms with Crippen LogP contribution in [0.3, 0.4) is 0 Å². The van der Waals surface area contributed by atoms with Gasteiger partial charge in [-0.1, -0.05) is 60.1 Å². The zero-order valence-electron chi connectivity index (χ0n) is 13.0. The number of rotatable bonds is 4. The SMILES string of the molecule is CC(CN)c1ccccc1C(C)c1ccc(Br)c(C(F)(F)F)c1. The molecule has 0 bridgehead atoms. The van der Waals surface area contributed by atoms with Gasteiger partial charge in [0.05, 0.1) is 5.56 Å². The van der Waals surface area contributed by atoms with Gasteiger partial charge in [0, 0.05) is 10.4 Å². The molecule has 0 fully saturated rings. The predicted octanol–water partition coefficient (Wildman–Crippen LogP) is 5.68. The molecular formula is C18H19BrF3N. The highest BCUT2D eigenvalue weighted by Gasteiger charge is 2.33. The molecule has 0 aromatic heterocycles. The molecule has 2 aromatic rings. The van der Waals surface area contributed by atoms with Gasteiger partial charge < -0.3 is 5.73 Å². The third-order valence-electron chi connectivity index (χ3n) is 4.14. The van der Waals surface area contributed by atoms with E-state index in [-0.39, 0.29) is 16.3 Å². The Hall–Kier alpha value is -1.33. The Morgan fingerprint density at radius 1 is 1.04 bits per heavy atom. The number of hydrogen-bond acceptors (Lipinski definition) is 1. The van der Waals surface area contributed by atoms with Crippen LogP contribution in [0.15, 0.2) is 46.9 Å². The molecule has 0 saturated carbocycles. The summed E-state index contributed by atoms with van der Waals surface area (Å²) >= 11 is 2.98. The fourth-order valence-corrected chi connectivity index (χ4v) is 3.16. The lowest BCUT2D eigenvalue weighted by atomic mass is 9.85. The van der Waals surface area contributed by atoms with Crippen LogP contribution >= 0.6 is 15.9 Å². The minimum atomic E-state index is -4.38. The van der Waals surface area contributed by atoms with E-state index in [1.807, 2.05) is 38.1 Å². The average Bonchev–Trinajstić information content (AvgIpc) is 2.52. The van der Waals surface area contributed by atoms with E-state index in [0.717, 1.165) is 11.1 Å². The van der Waals surface area contributed by atoms with E-state index in [1.165, 1.54) is 12.1 Å². The first kappa shape index (κ1) is 18.0.